The monoisotopic (exact) mass is 591 g/mol. The Morgan fingerprint density at radius 2 is 1.66 bits per heavy atom. The minimum atomic E-state index is -4.80. The van der Waals surface area contributed by atoms with Crippen LogP contribution in [0.15, 0.2) is 41.3 Å². The van der Waals surface area contributed by atoms with Crippen molar-refractivity contribution >= 4 is 15.7 Å². The SMILES string of the molecule is CC(C)(F)C[C@H](N[C@@H](c1ccc(-c2ccc(S(C)(=O)=O)c3c2C2CCC3C2)cc1)C(F)(F)F)C(=O)NC1(C#N)CC1. The molecule has 2 aromatic carbocycles. The maximum Gasteiger partial charge on any atom is 0.407 e. The van der Waals surface area contributed by atoms with Crippen LogP contribution in [0.3, 0.4) is 0 Å². The third-order valence-corrected chi connectivity index (χ3v) is 9.63. The molecule has 2 saturated carbocycles. The Balaban J connectivity index is 1.46. The van der Waals surface area contributed by atoms with Crippen LogP contribution in [0.2, 0.25) is 0 Å². The van der Waals surface area contributed by atoms with Crippen molar-refractivity contribution in [3.05, 3.63) is 53.1 Å². The number of halogens is 4. The first kappa shape index (κ1) is 29.5. The molecule has 0 heterocycles. The number of hydrogen-bond acceptors (Lipinski definition) is 5. The lowest BCUT2D eigenvalue weighted by Gasteiger charge is -2.30. The first-order chi connectivity index (χ1) is 19.0. The average molecular weight is 592 g/mol. The Hall–Kier alpha value is -2.97. The summed E-state index contributed by atoms with van der Waals surface area (Å²) in [4.78, 5) is 13.3. The summed E-state index contributed by atoms with van der Waals surface area (Å²) in [6.45, 7) is 2.37. The van der Waals surface area contributed by atoms with Gasteiger partial charge in [0.05, 0.1) is 17.0 Å². The lowest BCUT2D eigenvalue weighted by molar-refractivity contribution is -0.161. The number of benzene rings is 2. The second kappa shape index (κ2) is 10.1. The van der Waals surface area contributed by atoms with Crippen molar-refractivity contribution in [2.45, 2.75) is 98.6 Å². The molecule has 0 radical (unpaired) electrons. The smallest absolute Gasteiger partial charge is 0.336 e. The van der Waals surface area contributed by atoms with Crippen LogP contribution in [0.4, 0.5) is 17.6 Å². The van der Waals surface area contributed by atoms with Crippen molar-refractivity contribution < 1.29 is 30.8 Å². The van der Waals surface area contributed by atoms with E-state index in [0.29, 0.717) is 23.3 Å². The predicted molar refractivity (Wildman–Crippen MR) is 146 cm³/mol. The van der Waals surface area contributed by atoms with Gasteiger partial charge in [0.25, 0.3) is 0 Å². The first-order valence-corrected chi connectivity index (χ1v) is 15.6. The number of nitrogens with one attached hydrogen (secondary N) is 2. The zero-order chi connectivity index (χ0) is 30.0. The highest BCUT2D eigenvalue weighted by Gasteiger charge is 2.48. The maximum absolute atomic E-state index is 14.6. The molecule has 2 N–H and O–H groups in total. The van der Waals surface area contributed by atoms with E-state index in [1.165, 1.54) is 32.2 Å². The number of amides is 1. The number of carbonyl (C=O) groups is 1. The molecule has 0 spiro atoms. The van der Waals surface area contributed by atoms with E-state index >= 15 is 0 Å². The Bertz CT molecular complexity index is 1500. The van der Waals surface area contributed by atoms with Gasteiger partial charge in [-0.05, 0) is 91.7 Å². The van der Waals surface area contributed by atoms with Gasteiger partial charge < -0.3 is 5.32 Å². The van der Waals surface area contributed by atoms with Crippen molar-refractivity contribution in [2.75, 3.05) is 6.26 Å². The molecule has 5 rings (SSSR count). The molecule has 1 amide bonds. The molecule has 2 fully saturated rings. The summed E-state index contributed by atoms with van der Waals surface area (Å²) in [5.41, 5.74) is 0.0791. The summed E-state index contributed by atoms with van der Waals surface area (Å²) in [6, 6.07) is 7.30. The summed E-state index contributed by atoms with van der Waals surface area (Å²) in [5, 5.41) is 14.1. The maximum atomic E-state index is 14.6. The zero-order valence-electron chi connectivity index (χ0n) is 23.1. The van der Waals surface area contributed by atoms with E-state index in [1.54, 1.807) is 24.3 Å². The van der Waals surface area contributed by atoms with E-state index in [1.807, 2.05) is 6.07 Å². The van der Waals surface area contributed by atoms with Crippen LogP contribution in [-0.4, -0.2) is 44.0 Å². The standard InChI is InChI=1S/C30H33F4N3O3S/c1-28(2,31)15-22(27(38)37-29(16-35)12-13-29)36-26(30(32,33)34)18-6-4-17(5-7-18)21-10-11-23(41(3,39)40)25-20-9-8-19(14-20)24(21)25/h4-7,10-11,19-20,22,26,36H,8-9,12-15H2,1-3H3,(H,37,38)/t19?,20?,22-,26-/m0/s1. The number of fused-ring (bicyclic) bond motifs is 5. The molecule has 220 valence electrons. The number of hydrogen-bond donors (Lipinski definition) is 2. The largest absolute Gasteiger partial charge is 0.407 e. The quantitative estimate of drug-likeness (QED) is 0.349. The second-order valence-corrected chi connectivity index (χ2v) is 14.3. The van der Waals surface area contributed by atoms with Crippen LogP contribution in [0, 0.1) is 11.3 Å². The van der Waals surface area contributed by atoms with Gasteiger partial charge in [0, 0.05) is 12.7 Å². The van der Waals surface area contributed by atoms with Crippen molar-refractivity contribution in [1.29, 1.82) is 5.26 Å². The molecule has 0 aliphatic heterocycles. The van der Waals surface area contributed by atoms with Crippen LogP contribution in [0.25, 0.3) is 11.1 Å². The van der Waals surface area contributed by atoms with E-state index in [9.17, 15) is 36.0 Å². The van der Waals surface area contributed by atoms with Crippen molar-refractivity contribution in [2.24, 2.45) is 0 Å². The predicted octanol–water partition coefficient (Wildman–Crippen LogP) is 5.99. The first-order valence-electron chi connectivity index (χ1n) is 13.7. The Morgan fingerprint density at radius 1 is 1.05 bits per heavy atom. The van der Waals surface area contributed by atoms with E-state index in [2.05, 4.69) is 10.6 Å². The van der Waals surface area contributed by atoms with Gasteiger partial charge in [-0.2, -0.15) is 18.4 Å². The van der Waals surface area contributed by atoms with Gasteiger partial charge in [0.1, 0.15) is 17.2 Å². The molecule has 0 saturated heterocycles. The van der Waals surface area contributed by atoms with E-state index < -0.39 is 51.6 Å². The summed E-state index contributed by atoms with van der Waals surface area (Å²) in [6.07, 6.45) is -0.622. The number of carbonyl (C=O) groups excluding carboxylic acids is 1. The highest BCUT2D eigenvalue weighted by Crippen LogP contribution is 2.57. The van der Waals surface area contributed by atoms with Gasteiger partial charge in [-0.15, -0.1) is 0 Å². The van der Waals surface area contributed by atoms with Crippen molar-refractivity contribution in [3.8, 4) is 17.2 Å². The average Bonchev–Trinajstić information content (AvgIpc) is 3.33. The summed E-state index contributed by atoms with van der Waals surface area (Å²) in [5.74, 6) is -0.476. The lowest BCUT2D eigenvalue weighted by atomic mass is 9.85. The number of nitrogens with zero attached hydrogens (tertiary/aromatic N) is 1. The molecule has 0 aromatic heterocycles. The molecule has 3 aliphatic rings. The van der Waals surface area contributed by atoms with E-state index in [0.717, 1.165) is 36.0 Å². The normalized spacial score (nSPS) is 22.5. The minimum Gasteiger partial charge on any atom is -0.336 e. The molecule has 2 aromatic rings. The van der Waals surface area contributed by atoms with Gasteiger partial charge in [-0.3, -0.25) is 10.1 Å². The lowest BCUT2D eigenvalue weighted by Crippen LogP contribution is -2.53. The molecule has 6 nitrogen and oxygen atoms in total. The molecule has 3 aliphatic carbocycles. The number of alkyl halides is 4. The zero-order valence-corrected chi connectivity index (χ0v) is 23.9. The summed E-state index contributed by atoms with van der Waals surface area (Å²) < 4.78 is 82.6. The number of nitriles is 1. The molecule has 41 heavy (non-hydrogen) atoms. The summed E-state index contributed by atoms with van der Waals surface area (Å²) >= 11 is 0. The fourth-order valence-electron chi connectivity index (χ4n) is 6.42. The molecule has 2 unspecified atom stereocenters. The van der Waals surface area contributed by atoms with Crippen LogP contribution in [-0.2, 0) is 14.6 Å². The molecule has 11 heteroatoms. The van der Waals surface area contributed by atoms with Crippen LogP contribution >= 0.6 is 0 Å². The fourth-order valence-corrected chi connectivity index (χ4v) is 7.41. The van der Waals surface area contributed by atoms with E-state index in [-0.39, 0.29) is 17.4 Å². The minimum absolute atomic E-state index is 0.150. The highest BCUT2D eigenvalue weighted by molar-refractivity contribution is 7.90. The third kappa shape index (κ3) is 6.00. The molecule has 2 bridgehead atoms. The van der Waals surface area contributed by atoms with Gasteiger partial charge in [-0.25, -0.2) is 12.8 Å². The van der Waals surface area contributed by atoms with Crippen molar-refractivity contribution in [3.63, 3.8) is 0 Å². The van der Waals surface area contributed by atoms with Crippen LogP contribution < -0.4 is 10.6 Å². The Kier molecular flexibility index (Phi) is 7.26. The number of rotatable bonds is 9. The topological polar surface area (TPSA) is 99.1 Å². The van der Waals surface area contributed by atoms with Gasteiger partial charge in [0.15, 0.2) is 9.84 Å². The Labute approximate surface area is 237 Å². The fraction of sp³-hybridized carbons (Fsp3) is 0.533. The number of sulfone groups is 1. The molecular weight excluding hydrogens is 558 g/mol. The van der Waals surface area contributed by atoms with E-state index in [4.69, 9.17) is 0 Å². The van der Waals surface area contributed by atoms with Gasteiger partial charge in [-0.1, -0.05) is 30.3 Å². The van der Waals surface area contributed by atoms with Crippen molar-refractivity contribution in [1.82, 2.24) is 10.6 Å². The van der Waals surface area contributed by atoms with Crippen LogP contribution in [0.5, 0.6) is 0 Å². The van der Waals surface area contributed by atoms with Gasteiger partial charge >= 0.3 is 6.18 Å². The Morgan fingerprint density at radius 3 is 2.17 bits per heavy atom. The summed E-state index contributed by atoms with van der Waals surface area (Å²) in [7, 11) is -3.44. The highest BCUT2D eigenvalue weighted by atomic mass is 32.2. The van der Waals surface area contributed by atoms with Crippen LogP contribution in [0.1, 0.15) is 86.9 Å². The second-order valence-electron chi connectivity index (χ2n) is 12.3. The van der Waals surface area contributed by atoms with Gasteiger partial charge in [0.2, 0.25) is 5.91 Å². The molecule has 4 atom stereocenters. The third-order valence-electron chi connectivity index (χ3n) is 8.48. The molecular formula is C30H33F4N3O3S.